The van der Waals surface area contributed by atoms with Crippen molar-refractivity contribution in [3.05, 3.63) is 35.6 Å². The predicted molar refractivity (Wildman–Crippen MR) is 115 cm³/mol. The zero-order valence-corrected chi connectivity index (χ0v) is 18.0. The van der Waals surface area contributed by atoms with Crippen LogP contribution < -0.4 is 5.32 Å². The van der Waals surface area contributed by atoms with E-state index in [2.05, 4.69) is 11.4 Å². The summed E-state index contributed by atoms with van der Waals surface area (Å²) in [4.78, 5) is 27.7. The lowest BCUT2D eigenvalue weighted by Crippen LogP contribution is -2.57. The molecule has 2 aliphatic rings. The summed E-state index contributed by atoms with van der Waals surface area (Å²) in [7, 11) is 0. The van der Waals surface area contributed by atoms with E-state index in [0.717, 1.165) is 61.9 Å². The highest BCUT2D eigenvalue weighted by atomic mass is 16.5. The highest BCUT2D eigenvalue weighted by molar-refractivity contribution is 5.91. The molecule has 2 aromatic rings. The Morgan fingerprint density at radius 2 is 2.23 bits per heavy atom. The third-order valence-corrected chi connectivity index (χ3v) is 6.47. The fourth-order valence-electron chi connectivity index (χ4n) is 4.94. The van der Waals surface area contributed by atoms with Crippen molar-refractivity contribution < 1.29 is 18.7 Å². The Labute approximate surface area is 182 Å². The molecule has 1 N–H and O–H groups in total. The lowest BCUT2D eigenvalue weighted by molar-refractivity contribution is -0.150. The number of nitrogens with zero attached hydrogens (tertiary/aromatic N) is 2. The summed E-state index contributed by atoms with van der Waals surface area (Å²) in [6.07, 6.45) is 5.10. The second-order valence-corrected chi connectivity index (χ2v) is 8.50. The van der Waals surface area contributed by atoms with Crippen LogP contribution in [-0.4, -0.2) is 48.1 Å². The van der Waals surface area contributed by atoms with E-state index < -0.39 is 5.54 Å². The number of furan rings is 1. The molecule has 0 bridgehead atoms. The molecule has 0 spiro atoms. The number of esters is 1. The number of fused-ring (bicyclic) bond motifs is 1. The van der Waals surface area contributed by atoms with Crippen molar-refractivity contribution in [2.45, 2.75) is 63.5 Å². The molecular formula is C24H29N3O4. The maximum Gasteiger partial charge on any atom is 0.308 e. The molecule has 1 aromatic carbocycles. The summed E-state index contributed by atoms with van der Waals surface area (Å²) < 4.78 is 11.1. The van der Waals surface area contributed by atoms with Crippen molar-refractivity contribution in [1.29, 1.82) is 5.26 Å². The van der Waals surface area contributed by atoms with Gasteiger partial charge in [0.05, 0.1) is 24.7 Å². The van der Waals surface area contributed by atoms with Crippen molar-refractivity contribution in [2.24, 2.45) is 0 Å². The van der Waals surface area contributed by atoms with Crippen LogP contribution >= 0.6 is 0 Å². The minimum atomic E-state index is -0.831. The molecule has 3 heterocycles. The maximum absolute atomic E-state index is 13.5. The Morgan fingerprint density at radius 3 is 2.97 bits per heavy atom. The van der Waals surface area contributed by atoms with Crippen LogP contribution in [0.2, 0.25) is 0 Å². The van der Waals surface area contributed by atoms with Gasteiger partial charge in [0.25, 0.3) is 0 Å². The van der Waals surface area contributed by atoms with Crippen LogP contribution in [0.1, 0.15) is 56.8 Å². The number of nitriles is 1. The Kier molecular flexibility index (Phi) is 6.28. The van der Waals surface area contributed by atoms with E-state index >= 15 is 0 Å². The van der Waals surface area contributed by atoms with Gasteiger partial charge in [-0.25, -0.2) is 0 Å². The normalized spacial score (nSPS) is 23.2. The number of ether oxygens (including phenoxy) is 1. The van der Waals surface area contributed by atoms with Gasteiger partial charge in [0.2, 0.25) is 5.91 Å². The van der Waals surface area contributed by atoms with E-state index in [1.807, 2.05) is 17.0 Å². The van der Waals surface area contributed by atoms with Gasteiger partial charge >= 0.3 is 5.97 Å². The first-order chi connectivity index (χ1) is 15.0. The molecule has 7 nitrogen and oxygen atoms in total. The monoisotopic (exact) mass is 423 g/mol. The molecule has 0 aliphatic carbocycles. The van der Waals surface area contributed by atoms with Crippen LogP contribution in [0, 0.1) is 11.3 Å². The molecule has 2 atom stereocenters. The van der Waals surface area contributed by atoms with Crippen LogP contribution in [0.4, 0.5) is 0 Å². The number of hydrogen-bond donors (Lipinski definition) is 1. The van der Waals surface area contributed by atoms with E-state index in [1.54, 1.807) is 19.1 Å². The summed E-state index contributed by atoms with van der Waals surface area (Å²) >= 11 is 0. The third kappa shape index (κ3) is 4.45. The summed E-state index contributed by atoms with van der Waals surface area (Å²) in [6, 6.07) is 9.73. The van der Waals surface area contributed by atoms with E-state index in [4.69, 9.17) is 14.4 Å². The van der Waals surface area contributed by atoms with Gasteiger partial charge in [-0.3, -0.25) is 9.59 Å². The van der Waals surface area contributed by atoms with Crippen molar-refractivity contribution in [3.8, 4) is 6.07 Å². The van der Waals surface area contributed by atoms with Gasteiger partial charge in [-0.15, -0.1) is 0 Å². The number of benzene rings is 1. The molecule has 31 heavy (non-hydrogen) atoms. The van der Waals surface area contributed by atoms with E-state index in [1.165, 1.54) is 0 Å². The van der Waals surface area contributed by atoms with Crippen LogP contribution in [-0.2, 0) is 20.7 Å². The molecule has 7 heteroatoms. The molecule has 164 valence electrons. The minimum Gasteiger partial charge on any atom is -0.466 e. The van der Waals surface area contributed by atoms with Crippen LogP contribution in [0.3, 0.4) is 0 Å². The summed E-state index contributed by atoms with van der Waals surface area (Å²) in [5.41, 5.74) is 0.468. The SMILES string of the molecule is CCOC(=O)C[C@]1(C(=O)N2CCC[C@H]2CCc2cc3ccc(C#N)cc3o2)CCCN1. The summed E-state index contributed by atoms with van der Waals surface area (Å²) in [5, 5.41) is 13.4. The highest BCUT2D eigenvalue weighted by Gasteiger charge is 2.47. The van der Waals surface area contributed by atoms with Crippen LogP contribution in [0.25, 0.3) is 11.0 Å². The first-order valence-electron chi connectivity index (χ1n) is 11.2. The first kappa shape index (κ1) is 21.4. The minimum absolute atomic E-state index is 0.0313. The van der Waals surface area contributed by atoms with Crippen molar-refractivity contribution >= 4 is 22.8 Å². The standard InChI is InChI=1S/C24H29N3O4/c1-2-30-22(28)15-24(10-4-11-26-24)23(29)27-12-3-5-19(27)8-9-20-14-18-7-6-17(16-25)13-21(18)31-20/h6-7,13-14,19,26H,2-5,8-12,15H2,1H3/t19-,24-/m0/s1. The van der Waals surface area contributed by atoms with Gasteiger partial charge in [-0.1, -0.05) is 0 Å². The second kappa shape index (κ2) is 9.11. The topological polar surface area (TPSA) is 95.6 Å². The van der Waals surface area contributed by atoms with Crippen molar-refractivity contribution in [3.63, 3.8) is 0 Å². The molecule has 0 radical (unpaired) electrons. The van der Waals surface area contributed by atoms with Gasteiger partial charge in [0.15, 0.2) is 0 Å². The summed E-state index contributed by atoms with van der Waals surface area (Å²) in [5.74, 6) is 0.577. The average Bonchev–Trinajstić information content (AvgIpc) is 3.50. The maximum atomic E-state index is 13.5. The Bertz CT molecular complexity index is 1000. The zero-order valence-electron chi connectivity index (χ0n) is 18.0. The van der Waals surface area contributed by atoms with Gasteiger partial charge in [-0.2, -0.15) is 5.26 Å². The molecule has 2 saturated heterocycles. The smallest absolute Gasteiger partial charge is 0.308 e. The molecule has 4 rings (SSSR count). The summed E-state index contributed by atoms with van der Waals surface area (Å²) in [6.45, 7) is 3.57. The zero-order chi connectivity index (χ0) is 21.8. The fourth-order valence-corrected chi connectivity index (χ4v) is 4.94. The molecule has 2 fully saturated rings. The van der Waals surface area contributed by atoms with Crippen molar-refractivity contribution in [1.82, 2.24) is 10.2 Å². The highest BCUT2D eigenvalue weighted by Crippen LogP contribution is 2.32. The van der Waals surface area contributed by atoms with Gasteiger partial charge in [-0.05, 0) is 69.8 Å². The number of hydrogen-bond acceptors (Lipinski definition) is 6. The first-order valence-corrected chi connectivity index (χ1v) is 11.2. The van der Waals surface area contributed by atoms with Crippen LogP contribution in [0.5, 0.6) is 0 Å². The lowest BCUT2D eigenvalue weighted by Gasteiger charge is -2.35. The molecule has 0 unspecified atom stereocenters. The second-order valence-electron chi connectivity index (χ2n) is 8.50. The van der Waals surface area contributed by atoms with E-state index in [9.17, 15) is 9.59 Å². The lowest BCUT2D eigenvalue weighted by atomic mass is 9.90. The van der Waals surface area contributed by atoms with Crippen molar-refractivity contribution in [2.75, 3.05) is 19.7 Å². The Balaban J connectivity index is 1.44. The largest absolute Gasteiger partial charge is 0.466 e. The number of amides is 1. The third-order valence-electron chi connectivity index (χ3n) is 6.47. The number of likely N-dealkylation sites (tertiary alicyclic amines) is 1. The van der Waals surface area contributed by atoms with Gasteiger partial charge in [0.1, 0.15) is 16.9 Å². The molecule has 2 aliphatic heterocycles. The molecular weight excluding hydrogens is 394 g/mol. The van der Waals surface area contributed by atoms with Crippen LogP contribution in [0.15, 0.2) is 28.7 Å². The predicted octanol–water partition coefficient (Wildman–Crippen LogP) is 3.30. The quantitative estimate of drug-likeness (QED) is 0.687. The Morgan fingerprint density at radius 1 is 1.35 bits per heavy atom. The molecule has 1 aromatic heterocycles. The fraction of sp³-hybridized carbons (Fsp3) is 0.542. The number of carbonyl (C=O) groups excluding carboxylic acids is 2. The number of carbonyl (C=O) groups is 2. The van der Waals surface area contributed by atoms with Gasteiger partial charge < -0.3 is 19.4 Å². The van der Waals surface area contributed by atoms with Gasteiger partial charge in [0, 0.05) is 24.4 Å². The number of aryl methyl sites for hydroxylation is 1. The van der Waals surface area contributed by atoms with E-state index in [0.29, 0.717) is 18.6 Å². The van der Waals surface area contributed by atoms with E-state index in [-0.39, 0.29) is 24.3 Å². The average molecular weight is 424 g/mol. The Hall–Kier alpha value is -2.85. The number of nitrogens with one attached hydrogen (secondary N) is 1. The number of rotatable bonds is 7. The molecule has 1 amide bonds. The molecule has 0 saturated carbocycles.